The lowest BCUT2D eigenvalue weighted by molar-refractivity contribution is 0.0697. The minimum absolute atomic E-state index is 0.0451. The van der Waals surface area contributed by atoms with Gasteiger partial charge in [0.2, 0.25) is 0 Å². The largest absolute Gasteiger partial charge is 0.502 e. The molecule has 0 spiro atoms. The summed E-state index contributed by atoms with van der Waals surface area (Å²) in [7, 11) is -0.561. The Kier molecular flexibility index (Phi) is 85.0. The maximum atomic E-state index is 8.34. The molecule has 0 aromatic rings. The zero-order chi connectivity index (χ0) is 73.8. The molecule has 0 amide bonds. The predicted octanol–water partition coefficient (Wildman–Crippen LogP) is 1.72. The van der Waals surface area contributed by atoms with E-state index in [1.165, 1.54) is 0 Å². The van der Waals surface area contributed by atoms with Gasteiger partial charge in [0.05, 0.1) is 0 Å². The Morgan fingerprint density at radius 3 is 0.591 bits per heavy atom. The summed E-state index contributed by atoms with van der Waals surface area (Å²) in [6.45, 7) is 30.9. The third-order valence-corrected chi connectivity index (χ3v) is 31.7. The molecule has 0 fully saturated rings. The van der Waals surface area contributed by atoms with Gasteiger partial charge in [-0.1, -0.05) is 0 Å². The van der Waals surface area contributed by atoms with Gasteiger partial charge in [0.25, 0.3) is 0 Å². The average Bonchev–Trinajstić information content (AvgIpc) is 1.62. The first-order valence-corrected chi connectivity index (χ1v) is 48.1. The number of hydrogen-bond donors (Lipinski definition) is 12. The second kappa shape index (κ2) is 72.3. The summed E-state index contributed by atoms with van der Waals surface area (Å²) >= 11 is 0. The lowest BCUT2D eigenvalue weighted by atomic mass is 10.5. The quantitative estimate of drug-likeness (QED) is 0.0386. The summed E-state index contributed by atoms with van der Waals surface area (Å²) < 4.78 is 98.1. The number of nitrogens with two attached hydrogens (primary N) is 6. The van der Waals surface area contributed by atoms with Crippen molar-refractivity contribution in [2.75, 3.05) is 203 Å². The molecule has 0 saturated heterocycles. The summed E-state index contributed by atoms with van der Waals surface area (Å²) in [5.41, 5.74) is 31.6. The summed E-state index contributed by atoms with van der Waals surface area (Å²) in [4.78, 5) is 53.9. The van der Waals surface area contributed by atoms with E-state index in [1.807, 2.05) is 69.2 Å². The van der Waals surface area contributed by atoms with Crippen LogP contribution in [0.2, 0.25) is 48.4 Å². The molecule has 574 valence electrons. The Bertz CT molecular complexity index is 1400. The SMILES string of the molecule is CCO[Si](CCCN(C)C)(OCC)OCC.CCO[Si](CCCN)(OC)OC.CCO[Si](CCCN)(OCC)OCC.CCO[Si](CCN)(OCC)OCC.CO[Si](CCCN(C)C)(OC)OC.CO[Si](CCN)(OC)OC.NCCC[Si](O)(O)O.NCC[Si](O)(O)O. The van der Waals surface area contributed by atoms with Crippen molar-refractivity contribution in [3.05, 3.63) is 0 Å². The summed E-state index contributed by atoms with van der Waals surface area (Å²) in [6.07, 6.45) is 4.34. The first-order chi connectivity index (χ1) is 43.8. The van der Waals surface area contributed by atoms with E-state index in [-0.39, 0.29) is 18.6 Å². The normalized spacial score (nSPS) is 12.1. The Morgan fingerprint density at radius 2 is 0.419 bits per heavy atom. The van der Waals surface area contributed by atoms with Crippen LogP contribution < -0.4 is 34.4 Å². The highest BCUT2D eigenvalue weighted by Crippen LogP contribution is 2.21. The van der Waals surface area contributed by atoms with Gasteiger partial charge in [0.1, 0.15) is 0 Å². The van der Waals surface area contributed by atoms with Crippen LogP contribution in [0.5, 0.6) is 0 Å². The molecule has 40 heteroatoms. The van der Waals surface area contributed by atoms with Crippen molar-refractivity contribution in [1.29, 1.82) is 0 Å². The topological polar surface area (TPSA) is 450 Å². The maximum absolute atomic E-state index is 8.34. The molecule has 0 aromatic heterocycles. The highest BCUT2D eigenvalue weighted by molar-refractivity contribution is 6.62. The predicted molar refractivity (Wildman–Crippen MR) is 385 cm³/mol. The summed E-state index contributed by atoms with van der Waals surface area (Å²) in [6, 6.07) is 4.72. The molecule has 32 nitrogen and oxygen atoms in total. The Balaban J connectivity index is -0.000000150. The van der Waals surface area contributed by atoms with Crippen LogP contribution in [0, 0.1) is 0 Å². The van der Waals surface area contributed by atoms with Gasteiger partial charge in [0, 0.05) is 171 Å². The molecular formula is C53H146N8O24Si8. The van der Waals surface area contributed by atoms with Crippen molar-refractivity contribution in [2.45, 2.75) is 150 Å². The van der Waals surface area contributed by atoms with Crippen LogP contribution >= 0.6 is 0 Å². The van der Waals surface area contributed by atoms with Crippen LogP contribution in [-0.4, -0.2) is 313 Å². The molecule has 0 bridgehead atoms. The fraction of sp³-hybridized carbons (Fsp3) is 1.00. The van der Waals surface area contributed by atoms with E-state index >= 15 is 0 Å². The monoisotopic (exact) mass is 1500 g/mol. The molecule has 93 heavy (non-hydrogen) atoms. The summed E-state index contributed by atoms with van der Waals surface area (Å²) in [5, 5.41) is 0. The van der Waals surface area contributed by atoms with Crippen molar-refractivity contribution in [3.63, 3.8) is 0 Å². The first kappa shape index (κ1) is 109. The van der Waals surface area contributed by atoms with Crippen LogP contribution in [0.3, 0.4) is 0 Å². The zero-order valence-corrected chi connectivity index (χ0v) is 70.3. The maximum Gasteiger partial charge on any atom is 0.502 e. The molecule has 18 N–H and O–H groups in total. The van der Waals surface area contributed by atoms with Gasteiger partial charge in [-0.15, -0.1) is 0 Å². The van der Waals surface area contributed by atoms with E-state index in [4.69, 9.17) is 143 Å². The fourth-order valence-corrected chi connectivity index (χ4v) is 21.4. The Hall–Kier alpha value is 0.455. The van der Waals surface area contributed by atoms with Crippen molar-refractivity contribution in [1.82, 2.24) is 9.80 Å². The molecule has 0 heterocycles. The Morgan fingerprint density at radius 1 is 0.237 bits per heavy atom. The molecule has 0 saturated carbocycles. The van der Waals surface area contributed by atoms with Gasteiger partial charge in [-0.25, -0.2) is 0 Å². The number of nitrogens with zero attached hydrogens (tertiary/aromatic N) is 2. The van der Waals surface area contributed by atoms with Crippen molar-refractivity contribution in [3.8, 4) is 0 Å². The zero-order valence-electron chi connectivity index (χ0n) is 62.3. The molecule has 0 rings (SSSR count). The molecule has 0 radical (unpaired) electrons. The van der Waals surface area contributed by atoms with Crippen LogP contribution in [0.15, 0.2) is 0 Å². The van der Waals surface area contributed by atoms with Crippen molar-refractivity contribution >= 4 is 70.4 Å². The molecule has 0 aromatic carbocycles. The lowest BCUT2D eigenvalue weighted by Gasteiger charge is -2.28. The van der Waals surface area contributed by atoms with Gasteiger partial charge in [-0.3, -0.25) is 0 Å². The second-order valence-electron chi connectivity index (χ2n) is 19.7. The number of hydrogen-bond acceptors (Lipinski definition) is 32. The van der Waals surface area contributed by atoms with Gasteiger partial charge in [-0.2, -0.15) is 0 Å². The molecule has 0 unspecified atom stereocenters. The van der Waals surface area contributed by atoms with E-state index in [9.17, 15) is 0 Å². The van der Waals surface area contributed by atoms with Crippen LogP contribution in [-0.2, 0) is 79.7 Å². The van der Waals surface area contributed by atoms with Gasteiger partial charge >= 0.3 is 70.4 Å². The van der Waals surface area contributed by atoms with Crippen LogP contribution in [0.4, 0.5) is 0 Å². The van der Waals surface area contributed by atoms with Crippen LogP contribution in [0.1, 0.15) is 101 Å². The minimum atomic E-state index is -3.78. The third-order valence-electron chi connectivity index (χ3n) is 11.8. The van der Waals surface area contributed by atoms with E-state index in [0.29, 0.717) is 117 Å². The second-order valence-corrected chi connectivity index (χ2v) is 41.2. The van der Waals surface area contributed by atoms with E-state index in [0.717, 1.165) is 62.9 Å². The van der Waals surface area contributed by atoms with Crippen LogP contribution in [0.25, 0.3) is 0 Å². The standard InChI is InChI=1S/C11H27NO3Si.C9H23NO3Si.2C8H21NO3Si.C7H19NO3Si.C5H15NO3Si.C3H11NO3Si.C2H9NO3Si/c1-6-13-16(14-7-2,15-8-3)11-9-10-12(4)5;1-4-11-14(12-5-2,13-6-3)9-7-8-10;1-9(2)7-6-8-13(10-3,11-4)12-5;1-4-10-13(8-7-9,11-5-2)12-6-3;1-4-11-12(9-2,10-3)7-5-6-8;1-7-10(8-2,9-3)5-4-6;4-2-1-3-8(5,6)7;3-1-2-7(4,5)6/h6-11H2,1-5H3;4-10H2,1-3H3;6-8H2,1-5H3;4-9H2,1-3H3;4-8H2,1-3H3;4-6H2,1-3H3;5-7H,1-4H2;4-6H,1-3H2. The third kappa shape index (κ3) is 68.0. The van der Waals surface area contributed by atoms with Gasteiger partial charge in [0.15, 0.2) is 0 Å². The highest BCUT2D eigenvalue weighted by Gasteiger charge is 2.42. The molecule has 0 aliphatic heterocycles. The molecule has 0 atom stereocenters. The van der Waals surface area contributed by atoms with Gasteiger partial charge in [-0.05, 0) is 182 Å². The Labute approximate surface area is 573 Å². The lowest BCUT2D eigenvalue weighted by Crippen LogP contribution is -2.47. The minimum Gasteiger partial charge on any atom is -0.390 e. The van der Waals surface area contributed by atoms with E-state index in [1.54, 1.807) is 56.9 Å². The smallest absolute Gasteiger partial charge is 0.390 e. The molecular weight excluding hydrogens is 1360 g/mol. The number of rotatable bonds is 51. The first-order valence-electron chi connectivity index (χ1n) is 32.4. The van der Waals surface area contributed by atoms with E-state index in [2.05, 4.69) is 38.0 Å². The van der Waals surface area contributed by atoms with Gasteiger partial charge < -0.3 is 153 Å². The molecule has 0 aliphatic carbocycles. The average molecular weight is 1500 g/mol. The fourth-order valence-electron chi connectivity index (χ4n) is 7.56. The summed E-state index contributed by atoms with van der Waals surface area (Å²) in [5.74, 6) is 0. The highest BCUT2D eigenvalue weighted by atomic mass is 28.4. The van der Waals surface area contributed by atoms with Crippen molar-refractivity contribution < 1.29 is 108 Å². The molecule has 0 aliphatic rings. The van der Waals surface area contributed by atoms with Crippen molar-refractivity contribution in [2.24, 2.45) is 34.4 Å². The van der Waals surface area contributed by atoms with E-state index < -0.39 is 70.4 Å².